The summed E-state index contributed by atoms with van der Waals surface area (Å²) in [6.45, 7) is 1.26. The lowest BCUT2D eigenvalue weighted by atomic mass is 10.0. The highest BCUT2D eigenvalue weighted by Crippen LogP contribution is 2.25. The Morgan fingerprint density at radius 2 is 2.12 bits per heavy atom. The van der Waals surface area contributed by atoms with Crippen LogP contribution in [-0.2, 0) is 4.79 Å². The zero-order valence-corrected chi connectivity index (χ0v) is 9.42. The van der Waals surface area contributed by atoms with Crippen LogP contribution in [0.25, 0.3) is 0 Å². The van der Waals surface area contributed by atoms with Crippen molar-refractivity contribution in [3.8, 4) is 5.75 Å². The van der Waals surface area contributed by atoms with Gasteiger partial charge in [0.15, 0.2) is 0 Å². The number of anilines is 1. The van der Waals surface area contributed by atoms with Gasteiger partial charge in [-0.3, -0.25) is 4.79 Å². The molecule has 0 aliphatic rings. The number of nitrogens with two attached hydrogens (primary N) is 1. The lowest BCUT2D eigenvalue weighted by molar-refractivity contribution is -0.119. The van der Waals surface area contributed by atoms with Crippen LogP contribution in [0, 0.1) is 0 Å². The first-order valence-corrected chi connectivity index (χ1v) is 5.10. The van der Waals surface area contributed by atoms with Crippen molar-refractivity contribution in [2.24, 2.45) is 0 Å². The summed E-state index contributed by atoms with van der Waals surface area (Å²) in [5, 5.41) is 31.0. The number of carbonyl (C=O) groups is 1. The second-order valence-electron chi connectivity index (χ2n) is 3.77. The van der Waals surface area contributed by atoms with Crippen molar-refractivity contribution in [3.05, 3.63) is 23.8 Å². The molecule has 0 heterocycles. The Kier molecular flexibility index (Phi) is 4.30. The van der Waals surface area contributed by atoms with E-state index in [0.717, 1.165) is 0 Å². The maximum Gasteiger partial charge on any atom is 0.216 e. The van der Waals surface area contributed by atoms with Gasteiger partial charge in [-0.25, -0.2) is 0 Å². The molecule has 0 aliphatic heterocycles. The van der Waals surface area contributed by atoms with E-state index in [9.17, 15) is 20.1 Å². The van der Waals surface area contributed by atoms with E-state index >= 15 is 0 Å². The van der Waals surface area contributed by atoms with Gasteiger partial charge in [-0.1, -0.05) is 6.07 Å². The second-order valence-corrected chi connectivity index (χ2v) is 3.77. The number of phenols is 1. The topological polar surface area (TPSA) is 116 Å². The van der Waals surface area contributed by atoms with Crippen molar-refractivity contribution >= 4 is 11.6 Å². The number of rotatable bonds is 4. The Labute approximate surface area is 98.7 Å². The van der Waals surface area contributed by atoms with Crippen LogP contribution in [0.5, 0.6) is 5.75 Å². The Balaban J connectivity index is 2.70. The quantitative estimate of drug-likeness (QED) is 0.359. The van der Waals surface area contributed by atoms with Crippen molar-refractivity contribution < 1.29 is 20.1 Å². The van der Waals surface area contributed by atoms with Crippen molar-refractivity contribution in [3.63, 3.8) is 0 Å². The Bertz CT molecular complexity index is 408. The SMILES string of the molecule is CC(=O)NCC(O)C(O)c1ccc(O)c(N)c1. The maximum atomic E-state index is 10.6. The molecule has 6 nitrogen and oxygen atoms in total. The van der Waals surface area contributed by atoms with E-state index in [2.05, 4.69) is 5.32 Å². The van der Waals surface area contributed by atoms with Crippen LogP contribution < -0.4 is 11.1 Å². The largest absolute Gasteiger partial charge is 0.506 e. The molecule has 6 N–H and O–H groups in total. The predicted molar refractivity (Wildman–Crippen MR) is 62.2 cm³/mol. The number of amides is 1. The van der Waals surface area contributed by atoms with E-state index in [1.807, 2.05) is 0 Å². The van der Waals surface area contributed by atoms with E-state index in [4.69, 9.17) is 5.73 Å². The summed E-state index contributed by atoms with van der Waals surface area (Å²) in [6.07, 6.45) is -2.31. The first-order chi connectivity index (χ1) is 7.91. The minimum atomic E-state index is -1.18. The van der Waals surface area contributed by atoms with E-state index in [1.54, 1.807) is 0 Å². The average molecular weight is 240 g/mol. The van der Waals surface area contributed by atoms with Crippen LogP contribution in [0.3, 0.4) is 0 Å². The van der Waals surface area contributed by atoms with E-state index in [0.29, 0.717) is 5.56 Å². The monoisotopic (exact) mass is 240 g/mol. The summed E-state index contributed by atoms with van der Waals surface area (Å²) in [6, 6.07) is 4.16. The third kappa shape index (κ3) is 3.61. The number of benzene rings is 1. The molecule has 0 fully saturated rings. The molecule has 1 rings (SSSR count). The summed E-state index contributed by atoms with van der Waals surface area (Å²) < 4.78 is 0. The smallest absolute Gasteiger partial charge is 0.216 e. The van der Waals surface area contributed by atoms with E-state index in [1.165, 1.54) is 25.1 Å². The van der Waals surface area contributed by atoms with Gasteiger partial charge in [0.05, 0.1) is 5.69 Å². The van der Waals surface area contributed by atoms with Gasteiger partial charge in [0, 0.05) is 13.5 Å². The molecule has 0 saturated heterocycles. The molecule has 0 saturated carbocycles. The molecule has 0 radical (unpaired) electrons. The molecule has 0 aromatic heterocycles. The fraction of sp³-hybridized carbons (Fsp3) is 0.364. The normalized spacial score (nSPS) is 14.1. The highest BCUT2D eigenvalue weighted by Gasteiger charge is 2.19. The van der Waals surface area contributed by atoms with E-state index in [-0.39, 0.29) is 23.9 Å². The maximum absolute atomic E-state index is 10.6. The fourth-order valence-corrected chi connectivity index (χ4v) is 1.34. The fourth-order valence-electron chi connectivity index (χ4n) is 1.34. The lowest BCUT2D eigenvalue weighted by Gasteiger charge is -2.18. The molecule has 1 amide bonds. The highest BCUT2D eigenvalue weighted by atomic mass is 16.3. The van der Waals surface area contributed by atoms with Crippen LogP contribution in [0.1, 0.15) is 18.6 Å². The number of aliphatic hydroxyl groups is 2. The Morgan fingerprint density at radius 3 is 2.65 bits per heavy atom. The van der Waals surface area contributed by atoms with Crippen molar-refractivity contribution in [1.82, 2.24) is 5.32 Å². The standard InChI is InChI=1S/C11H16N2O4/c1-6(14)13-5-10(16)11(17)7-2-3-9(15)8(12)4-7/h2-4,10-11,15-17H,5,12H2,1H3,(H,13,14). The van der Waals surface area contributed by atoms with Crippen molar-refractivity contribution in [1.29, 1.82) is 0 Å². The van der Waals surface area contributed by atoms with Crippen LogP contribution in [0.2, 0.25) is 0 Å². The molecule has 0 aliphatic carbocycles. The minimum absolute atomic E-state index is 0.0583. The second kappa shape index (κ2) is 5.51. The van der Waals surface area contributed by atoms with Crippen LogP contribution in [-0.4, -0.2) is 33.9 Å². The first kappa shape index (κ1) is 13.3. The van der Waals surface area contributed by atoms with Gasteiger partial charge in [-0.05, 0) is 17.7 Å². The van der Waals surface area contributed by atoms with Gasteiger partial charge >= 0.3 is 0 Å². The summed E-state index contributed by atoms with van der Waals surface area (Å²) >= 11 is 0. The molecular weight excluding hydrogens is 224 g/mol. The van der Waals surface area contributed by atoms with Crippen molar-refractivity contribution in [2.75, 3.05) is 12.3 Å². The highest BCUT2D eigenvalue weighted by molar-refractivity contribution is 5.72. The zero-order valence-electron chi connectivity index (χ0n) is 9.42. The minimum Gasteiger partial charge on any atom is -0.506 e. The molecule has 0 bridgehead atoms. The molecule has 17 heavy (non-hydrogen) atoms. The van der Waals surface area contributed by atoms with Gasteiger partial charge in [-0.2, -0.15) is 0 Å². The number of hydrogen-bond acceptors (Lipinski definition) is 5. The number of hydrogen-bond donors (Lipinski definition) is 5. The third-order valence-electron chi connectivity index (χ3n) is 2.32. The molecule has 2 atom stereocenters. The molecule has 1 aromatic rings. The number of nitrogens with one attached hydrogen (secondary N) is 1. The Hall–Kier alpha value is -1.79. The summed E-state index contributed by atoms with van der Waals surface area (Å²) in [4.78, 5) is 10.6. The molecule has 0 spiro atoms. The molecular formula is C11H16N2O4. The first-order valence-electron chi connectivity index (χ1n) is 5.10. The lowest BCUT2D eigenvalue weighted by Crippen LogP contribution is -2.34. The Morgan fingerprint density at radius 1 is 1.47 bits per heavy atom. The molecule has 2 unspecified atom stereocenters. The van der Waals surface area contributed by atoms with Gasteiger partial charge < -0.3 is 26.4 Å². The van der Waals surface area contributed by atoms with Crippen LogP contribution in [0.4, 0.5) is 5.69 Å². The van der Waals surface area contributed by atoms with Gasteiger partial charge in [0.2, 0.25) is 5.91 Å². The molecule has 1 aromatic carbocycles. The number of nitrogen functional groups attached to an aromatic ring is 1. The number of carbonyl (C=O) groups excluding carboxylic acids is 1. The van der Waals surface area contributed by atoms with Gasteiger partial charge in [0.25, 0.3) is 0 Å². The summed E-state index contributed by atoms with van der Waals surface area (Å²) in [5.41, 5.74) is 5.96. The predicted octanol–water partition coefficient (Wildman–Crippen LogP) is -0.495. The van der Waals surface area contributed by atoms with Crippen LogP contribution >= 0.6 is 0 Å². The van der Waals surface area contributed by atoms with Gasteiger partial charge in [0.1, 0.15) is 18.0 Å². The summed E-state index contributed by atoms with van der Waals surface area (Å²) in [7, 11) is 0. The van der Waals surface area contributed by atoms with Crippen LogP contribution in [0.15, 0.2) is 18.2 Å². The van der Waals surface area contributed by atoms with Crippen molar-refractivity contribution in [2.45, 2.75) is 19.1 Å². The molecule has 94 valence electrons. The number of aromatic hydroxyl groups is 1. The zero-order chi connectivity index (χ0) is 13.0. The number of phenolic OH excluding ortho intramolecular Hbond substituents is 1. The average Bonchev–Trinajstić information content (AvgIpc) is 2.28. The van der Waals surface area contributed by atoms with E-state index < -0.39 is 12.2 Å². The third-order valence-corrected chi connectivity index (χ3v) is 2.32. The van der Waals surface area contributed by atoms with Gasteiger partial charge in [-0.15, -0.1) is 0 Å². The summed E-state index contributed by atoms with van der Waals surface area (Å²) in [5.74, 6) is -0.376. The molecule has 6 heteroatoms. The number of aliphatic hydroxyl groups excluding tert-OH is 2.